The Kier molecular flexibility index (Phi) is 13.2. The van der Waals surface area contributed by atoms with Crippen molar-refractivity contribution in [2.45, 2.75) is 130 Å². The summed E-state index contributed by atoms with van der Waals surface area (Å²) < 4.78 is 0. The molecule has 0 aromatic carbocycles. The molecule has 0 aromatic rings. The molecule has 1 aliphatic rings. The average Bonchev–Trinajstić information content (AvgIpc) is 2.98. The van der Waals surface area contributed by atoms with Crippen LogP contribution in [0.25, 0.3) is 0 Å². The molecule has 3 nitrogen and oxygen atoms in total. The van der Waals surface area contributed by atoms with Gasteiger partial charge in [-0.2, -0.15) is 0 Å². The second kappa shape index (κ2) is 14.9. The molecule has 156 valence electrons. The van der Waals surface area contributed by atoms with Gasteiger partial charge in [0.15, 0.2) is 0 Å². The molecule has 1 saturated heterocycles. The molecule has 2 amide bonds. The minimum Gasteiger partial charge on any atom is -0.275 e. The van der Waals surface area contributed by atoms with Crippen LogP contribution in [0.1, 0.15) is 124 Å². The molecule has 0 spiro atoms. The second-order valence-corrected chi connectivity index (χ2v) is 8.23. The quantitative estimate of drug-likeness (QED) is 0.166. The molecule has 1 rings (SSSR count). The highest BCUT2D eigenvalue weighted by Gasteiger charge is 2.35. The Labute approximate surface area is 168 Å². The first-order valence-electron chi connectivity index (χ1n) is 11.6. The monoisotopic (exact) mass is 377 g/mol. The van der Waals surface area contributed by atoms with E-state index in [9.17, 15) is 9.59 Å². The summed E-state index contributed by atoms with van der Waals surface area (Å²) >= 11 is 0. The van der Waals surface area contributed by atoms with Gasteiger partial charge in [0.1, 0.15) is 0 Å². The van der Waals surface area contributed by atoms with E-state index in [1.807, 2.05) is 0 Å². The first-order valence-corrected chi connectivity index (χ1v) is 11.6. The van der Waals surface area contributed by atoms with Crippen molar-refractivity contribution in [1.29, 1.82) is 0 Å². The van der Waals surface area contributed by atoms with Crippen molar-refractivity contribution in [3.05, 3.63) is 11.6 Å². The van der Waals surface area contributed by atoms with Crippen molar-refractivity contribution < 1.29 is 9.59 Å². The van der Waals surface area contributed by atoms with E-state index in [1.54, 1.807) is 4.90 Å². The van der Waals surface area contributed by atoms with E-state index in [4.69, 9.17) is 0 Å². The number of nitrogens with zero attached hydrogens (tertiary/aromatic N) is 1. The maximum Gasteiger partial charge on any atom is 0.230 e. The highest BCUT2D eigenvalue weighted by atomic mass is 16.2. The van der Waals surface area contributed by atoms with Crippen LogP contribution in [0.5, 0.6) is 0 Å². The number of carbonyl (C=O) groups is 2. The van der Waals surface area contributed by atoms with E-state index in [1.165, 1.54) is 76.2 Å². The minimum atomic E-state index is -0.00148. The summed E-state index contributed by atoms with van der Waals surface area (Å²) in [7, 11) is 0. The van der Waals surface area contributed by atoms with Crippen LogP contribution in [-0.2, 0) is 9.59 Å². The lowest BCUT2D eigenvalue weighted by atomic mass is 9.97. The molecule has 0 radical (unpaired) electrons. The standard InChI is InChI=1S/C24H43NO2/c1-4-6-8-9-10-11-12-13-14-16-18-22(21(3)17-15-7-5-2)25-23(26)19-20-24(25)27/h17,22H,4-16,18-20H2,1-3H3. The summed E-state index contributed by atoms with van der Waals surface area (Å²) in [5.74, 6) is 0.0561. The molecular formula is C24H43NO2. The Morgan fingerprint density at radius 1 is 0.815 bits per heavy atom. The molecule has 1 aliphatic heterocycles. The molecule has 27 heavy (non-hydrogen) atoms. The van der Waals surface area contributed by atoms with Gasteiger partial charge in [0.25, 0.3) is 0 Å². The van der Waals surface area contributed by atoms with Gasteiger partial charge in [-0.3, -0.25) is 14.5 Å². The lowest BCUT2D eigenvalue weighted by Crippen LogP contribution is -2.40. The Bertz CT molecular complexity index is 439. The van der Waals surface area contributed by atoms with Gasteiger partial charge in [-0.25, -0.2) is 0 Å². The van der Waals surface area contributed by atoms with Crippen LogP contribution < -0.4 is 0 Å². The number of rotatable bonds is 16. The van der Waals surface area contributed by atoms with E-state index in [0.717, 1.165) is 19.3 Å². The van der Waals surface area contributed by atoms with Gasteiger partial charge < -0.3 is 0 Å². The number of hydrogen-bond acceptors (Lipinski definition) is 2. The Morgan fingerprint density at radius 2 is 1.30 bits per heavy atom. The normalized spacial score (nSPS) is 16.4. The second-order valence-electron chi connectivity index (χ2n) is 8.23. The van der Waals surface area contributed by atoms with Gasteiger partial charge in [-0.1, -0.05) is 103 Å². The van der Waals surface area contributed by atoms with Crippen LogP contribution >= 0.6 is 0 Å². The van der Waals surface area contributed by atoms with Crippen molar-refractivity contribution >= 4 is 11.8 Å². The molecule has 0 aromatic heterocycles. The first kappa shape index (κ1) is 23.9. The zero-order valence-electron chi connectivity index (χ0n) is 18.2. The van der Waals surface area contributed by atoms with Gasteiger partial charge in [0, 0.05) is 12.8 Å². The Hall–Kier alpha value is -1.12. The number of unbranched alkanes of at least 4 members (excludes halogenated alkanes) is 11. The summed E-state index contributed by atoms with van der Waals surface area (Å²) in [6.07, 6.45) is 20.5. The van der Waals surface area contributed by atoms with Crippen LogP contribution in [0, 0.1) is 0 Å². The summed E-state index contributed by atoms with van der Waals surface area (Å²) in [6.45, 7) is 6.56. The summed E-state index contributed by atoms with van der Waals surface area (Å²) in [6, 6.07) is -0.00148. The largest absolute Gasteiger partial charge is 0.275 e. The fourth-order valence-electron chi connectivity index (χ4n) is 4.00. The zero-order valence-corrected chi connectivity index (χ0v) is 18.2. The number of amides is 2. The highest BCUT2D eigenvalue weighted by molar-refractivity contribution is 6.02. The summed E-state index contributed by atoms with van der Waals surface area (Å²) in [4.78, 5) is 26.0. The Morgan fingerprint density at radius 3 is 1.81 bits per heavy atom. The molecule has 1 heterocycles. The van der Waals surface area contributed by atoms with E-state index >= 15 is 0 Å². The lowest BCUT2D eigenvalue weighted by molar-refractivity contribution is -0.140. The molecule has 0 aliphatic carbocycles. The minimum absolute atomic E-state index is 0.00148. The van der Waals surface area contributed by atoms with Crippen LogP contribution in [0.2, 0.25) is 0 Å². The fraction of sp³-hybridized carbons (Fsp3) is 0.833. The third-order valence-corrected chi connectivity index (χ3v) is 5.78. The number of hydrogen-bond donors (Lipinski definition) is 0. The van der Waals surface area contributed by atoms with Crippen molar-refractivity contribution in [2.75, 3.05) is 0 Å². The van der Waals surface area contributed by atoms with Crippen LogP contribution in [0.4, 0.5) is 0 Å². The summed E-state index contributed by atoms with van der Waals surface area (Å²) in [5, 5.41) is 0. The van der Waals surface area contributed by atoms with E-state index in [-0.39, 0.29) is 17.9 Å². The van der Waals surface area contributed by atoms with Gasteiger partial charge in [-0.15, -0.1) is 0 Å². The molecule has 0 N–H and O–H groups in total. The maximum atomic E-state index is 12.2. The molecule has 1 fully saturated rings. The van der Waals surface area contributed by atoms with Crippen molar-refractivity contribution in [3.63, 3.8) is 0 Å². The smallest absolute Gasteiger partial charge is 0.230 e. The predicted octanol–water partition coefficient (Wildman–Crippen LogP) is 6.95. The van der Waals surface area contributed by atoms with Gasteiger partial charge in [-0.05, 0) is 19.8 Å². The number of imide groups is 1. The molecule has 1 unspecified atom stereocenters. The summed E-state index contributed by atoms with van der Waals surface area (Å²) in [5.41, 5.74) is 1.21. The van der Waals surface area contributed by atoms with Crippen molar-refractivity contribution in [1.82, 2.24) is 4.90 Å². The van der Waals surface area contributed by atoms with Gasteiger partial charge in [0.2, 0.25) is 11.8 Å². The maximum absolute atomic E-state index is 12.2. The Balaban J connectivity index is 2.36. The molecule has 3 heteroatoms. The molecular weight excluding hydrogens is 334 g/mol. The lowest BCUT2D eigenvalue weighted by Gasteiger charge is -2.27. The molecule has 1 atom stereocenters. The van der Waals surface area contributed by atoms with Crippen LogP contribution in [-0.4, -0.2) is 22.8 Å². The van der Waals surface area contributed by atoms with Crippen LogP contribution in [0.15, 0.2) is 11.6 Å². The predicted molar refractivity (Wildman–Crippen MR) is 115 cm³/mol. The van der Waals surface area contributed by atoms with Crippen molar-refractivity contribution in [3.8, 4) is 0 Å². The van der Waals surface area contributed by atoms with E-state index in [2.05, 4.69) is 26.8 Å². The van der Waals surface area contributed by atoms with Gasteiger partial charge >= 0.3 is 0 Å². The SMILES string of the molecule is CCCCC=C(C)C(CCCCCCCCCCCC)N1C(=O)CCC1=O. The third kappa shape index (κ3) is 9.58. The van der Waals surface area contributed by atoms with E-state index < -0.39 is 0 Å². The zero-order chi connectivity index (χ0) is 19.9. The van der Waals surface area contributed by atoms with Crippen molar-refractivity contribution in [2.24, 2.45) is 0 Å². The average molecular weight is 378 g/mol. The fourth-order valence-corrected chi connectivity index (χ4v) is 4.00. The topological polar surface area (TPSA) is 37.4 Å². The first-order chi connectivity index (χ1) is 13.1. The van der Waals surface area contributed by atoms with E-state index in [0.29, 0.717) is 12.8 Å². The van der Waals surface area contributed by atoms with Gasteiger partial charge in [0.05, 0.1) is 6.04 Å². The number of carbonyl (C=O) groups excluding carboxylic acids is 2. The molecule has 0 bridgehead atoms. The molecule has 0 saturated carbocycles. The number of likely N-dealkylation sites (tertiary alicyclic amines) is 1. The third-order valence-electron chi connectivity index (χ3n) is 5.78. The number of allylic oxidation sites excluding steroid dienone is 1. The van der Waals surface area contributed by atoms with Crippen LogP contribution in [0.3, 0.4) is 0 Å². The highest BCUT2D eigenvalue weighted by Crippen LogP contribution is 2.25.